The molecule has 4 nitrogen and oxygen atoms in total. The predicted octanol–water partition coefficient (Wildman–Crippen LogP) is 9.85. The fraction of sp³-hybridized carbons (Fsp3) is 1.00. The number of nitrogens with one attached hydrogen (secondary N) is 2. The third-order valence-corrected chi connectivity index (χ3v) is 8.50. The van der Waals surface area contributed by atoms with Gasteiger partial charge in [0, 0.05) is 13.1 Å². The lowest BCUT2D eigenvalue weighted by atomic mass is 10.0. The largest absolute Gasteiger partial charge is 0.392 e. The smallest absolute Gasteiger partial charge is 0.0664 e. The van der Waals surface area contributed by atoms with Gasteiger partial charge in [-0.3, -0.25) is 0 Å². The van der Waals surface area contributed by atoms with Gasteiger partial charge in [0.15, 0.2) is 0 Å². The Kier molecular flexibility index (Phi) is 34.9. The molecule has 0 rings (SSSR count). The van der Waals surface area contributed by atoms with Crippen LogP contribution in [0.4, 0.5) is 0 Å². The van der Waals surface area contributed by atoms with Crippen molar-refractivity contribution in [3.05, 3.63) is 0 Å². The lowest BCUT2D eigenvalue weighted by molar-refractivity contribution is 0.157. The molecule has 0 aliphatic rings. The third-order valence-electron chi connectivity index (χ3n) is 8.50. The maximum Gasteiger partial charge on any atom is 0.0664 e. The van der Waals surface area contributed by atoms with Gasteiger partial charge in [0.25, 0.3) is 0 Å². The van der Waals surface area contributed by atoms with Crippen molar-refractivity contribution < 1.29 is 10.2 Å². The van der Waals surface area contributed by atoms with Gasteiger partial charge < -0.3 is 20.8 Å². The van der Waals surface area contributed by atoms with Gasteiger partial charge in [-0.15, -0.1) is 0 Å². The SMILES string of the molecule is CCCCCCCCCCCCCC(O)CNCCCCCCNCC(O)CCCCCCCCCCCCC. The third kappa shape index (κ3) is 34.0. The quantitative estimate of drug-likeness (QED) is 0.0574. The van der Waals surface area contributed by atoms with Crippen molar-refractivity contribution in [1.82, 2.24) is 10.6 Å². The Morgan fingerprint density at radius 1 is 0.350 bits per heavy atom. The van der Waals surface area contributed by atoms with Crippen LogP contribution in [0, 0.1) is 0 Å². The van der Waals surface area contributed by atoms with Crippen LogP contribution < -0.4 is 10.6 Å². The summed E-state index contributed by atoms with van der Waals surface area (Å²) in [5.74, 6) is 0. The first-order valence-electron chi connectivity index (χ1n) is 18.5. The fourth-order valence-corrected chi connectivity index (χ4v) is 5.68. The van der Waals surface area contributed by atoms with E-state index in [0.717, 1.165) is 39.0 Å². The molecular weight excluding hydrogens is 492 g/mol. The second-order valence-electron chi connectivity index (χ2n) is 12.8. The molecule has 4 heteroatoms. The molecule has 0 amide bonds. The van der Waals surface area contributed by atoms with Crippen molar-refractivity contribution in [3.8, 4) is 0 Å². The van der Waals surface area contributed by atoms with Crippen LogP contribution in [0.3, 0.4) is 0 Å². The van der Waals surface area contributed by atoms with E-state index in [-0.39, 0.29) is 12.2 Å². The first-order valence-corrected chi connectivity index (χ1v) is 18.5. The highest BCUT2D eigenvalue weighted by atomic mass is 16.3. The van der Waals surface area contributed by atoms with Gasteiger partial charge in [-0.2, -0.15) is 0 Å². The maximum absolute atomic E-state index is 10.2. The van der Waals surface area contributed by atoms with Crippen molar-refractivity contribution >= 4 is 0 Å². The summed E-state index contributed by atoms with van der Waals surface area (Å²) in [6.45, 7) is 8.08. The van der Waals surface area contributed by atoms with Crippen molar-refractivity contribution in [3.63, 3.8) is 0 Å². The Labute approximate surface area is 252 Å². The summed E-state index contributed by atoms with van der Waals surface area (Å²) in [5.41, 5.74) is 0. The van der Waals surface area contributed by atoms with Crippen LogP contribution in [0.25, 0.3) is 0 Å². The minimum absolute atomic E-state index is 0.181. The van der Waals surface area contributed by atoms with Crippen molar-refractivity contribution in [2.45, 2.75) is 206 Å². The van der Waals surface area contributed by atoms with Crippen LogP contribution in [-0.2, 0) is 0 Å². The second-order valence-corrected chi connectivity index (χ2v) is 12.8. The van der Waals surface area contributed by atoms with Gasteiger partial charge in [0.05, 0.1) is 12.2 Å². The number of aliphatic hydroxyl groups excluding tert-OH is 2. The molecule has 0 aromatic rings. The molecule has 0 radical (unpaired) electrons. The summed E-state index contributed by atoms with van der Waals surface area (Å²) in [6.07, 6.45) is 36.3. The number of hydrogen-bond donors (Lipinski definition) is 4. The average Bonchev–Trinajstić information content (AvgIpc) is 2.95. The lowest BCUT2D eigenvalue weighted by Crippen LogP contribution is -2.28. The number of rotatable bonds is 35. The summed E-state index contributed by atoms with van der Waals surface area (Å²) in [7, 11) is 0. The Balaban J connectivity index is 3.22. The molecule has 0 saturated carbocycles. The van der Waals surface area contributed by atoms with Gasteiger partial charge in [0.2, 0.25) is 0 Å². The lowest BCUT2D eigenvalue weighted by Gasteiger charge is -2.12. The van der Waals surface area contributed by atoms with E-state index in [2.05, 4.69) is 24.5 Å². The molecule has 0 spiro atoms. The Morgan fingerprint density at radius 2 is 0.600 bits per heavy atom. The van der Waals surface area contributed by atoms with Gasteiger partial charge in [-0.25, -0.2) is 0 Å². The van der Waals surface area contributed by atoms with Gasteiger partial charge in [-0.05, 0) is 38.8 Å². The van der Waals surface area contributed by atoms with E-state index >= 15 is 0 Å². The fourth-order valence-electron chi connectivity index (χ4n) is 5.68. The monoisotopic (exact) mass is 569 g/mol. The zero-order valence-corrected chi connectivity index (χ0v) is 27.7. The van der Waals surface area contributed by atoms with E-state index in [1.54, 1.807) is 0 Å². The van der Waals surface area contributed by atoms with E-state index in [9.17, 15) is 10.2 Å². The van der Waals surface area contributed by atoms with Crippen molar-refractivity contribution in [1.29, 1.82) is 0 Å². The summed E-state index contributed by atoms with van der Waals surface area (Å²) in [4.78, 5) is 0. The van der Waals surface area contributed by atoms with Crippen LogP contribution >= 0.6 is 0 Å². The molecule has 0 aliphatic carbocycles. The van der Waals surface area contributed by atoms with Gasteiger partial charge in [0.1, 0.15) is 0 Å². The Hall–Kier alpha value is -0.160. The molecule has 0 saturated heterocycles. The summed E-state index contributed by atoms with van der Waals surface area (Å²) >= 11 is 0. The molecule has 40 heavy (non-hydrogen) atoms. The first kappa shape index (κ1) is 39.8. The summed E-state index contributed by atoms with van der Waals surface area (Å²) in [6, 6.07) is 0. The summed E-state index contributed by atoms with van der Waals surface area (Å²) < 4.78 is 0. The number of hydrogen-bond acceptors (Lipinski definition) is 4. The summed E-state index contributed by atoms with van der Waals surface area (Å²) in [5, 5.41) is 27.3. The van der Waals surface area contributed by atoms with Crippen LogP contribution in [0.15, 0.2) is 0 Å². The van der Waals surface area contributed by atoms with E-state index in [4.69, 9.17) is 0 Å². The average molecular weight is 569 g/mol. The van der Waals surface area contributed by atoms with Crippen molar-refractivity contribution in [2.75, 3.05) is 26.2 Å². The molecular formula is C36H76N2O2. The maximum atomic E-state index is 10.2. The van der Waals surface area contributed by atoms with Crippen LogP contribution in [0.1, 0.15) is 194 Å². The van der Waals surface area contributed by atoms with E-state index in [1.807, 2.05) is 0 Å². The van der Waals surface area contributed by atoms with Crippen LogP contribution in [0.2, 0.25) is 0 Å². The highest BCUT2D eigenvalue weighted by molar-refractivity contribution is 4.62. The highest BCUT2D eigenvalue weighted by Gasteiger charge is 2.04. The van der Waals surface area contributed by atoms with E-state index in [1.165, 1.54) is 167 Å². The molecule has 4 N–H and O–H groups in total. The Morgan fingerprint density at radius 3 is 0.900 bits per heavy atom. The molecule has 0 aromatic heterocycles. The molecule has 0 heterocycles. The van der Waals surface area contributed by atoms with Gasteiger partial charge >= 0.3 is 0 Å². The zero-order valence-electron chi connectivity index (χ0n) is 27.7. The molecule has 0 aliphatic heterocycles. The molecule has 0 fully saturated rings. The van der Waals surface area contributed by atoms with E-state index < -0.39 is 0 Å². The second kappa shape index (κ2) is 35.0. The number of aliphatic hydroxyl groups is 2. The minimum atomic E-state index is -0.181. The number of unbranched alkanes of at least 4 members (excludes halogenated alkanes) is 23. The first-order chi connectivity index (χ1) is 19.7. The van der Waals surface area contributed by atoms with E-state index in [0.29, 0.717) is 0 Å². The molecule has 0 bridgehead atoms. The topological polar surface area (TPSA) is 64.5 Å². The predicted molar refractivity (Wildman–Crippen MR) is 178 cm³/mol. The zero-order chi connectivity index (χ0) is 29.2. The minimum Gasteiger partial charge on any atom is -0.392 e. The standard InChI is InChI=1S/C36H76N2O2/c1-3-5-7-9-11-13-15-17-19-21-25-29-35(39)33-37-31-27-23-24-28-32-38-34-36(40)30-26-22-20-18-16-14-12-10-8-6-4-2/h35-40H,3-34H2,1-2H3. The molecule has 242 valence electrons. The van der Waals surface area contributed by atoms with Crippen LogP contribution in [-0.4, -0.2) is 48.6 Å². The highest BCUT2D eigenvalue weighted by Crippen LogP contribution is 2.14. The Bertz CT molecular complexity index is 409. The van der Waals surface area contributed by atoms with Crippen molar-refractivity contribution in [2.24, 2.45) is 0 Å². The van der Waals surface area contributed by atoms with Gasteiger partial charge in [-0.1, -0.05) is 168 Å². The normalized spacial score (nSPS) is 13.2. The van der Waals surface area contributed by atoms with Crippen LogP contribution in [0.5, 0.6) is 0 Å². The molecule has 2 unspecified atom stereocenters. The molecule has 2 atom stereocenters. The molecule has 0 aromatic carbocycles.